The number of benzene rings is 1. The van der Waals surface area contributed by atoms with Gasteiger partial charge in [-0.15, -0.1) is 0 Å². The molecule has 0 fully saturated rings. The van der Waals surface area contributed by atoms with Crippen LogP contribution in [-0.2, 0) is 0 Å². The monoisotopic (exact) mass is 357 g/mol. The molecule has 1 aromatic heterocycles. The van der Waals surface area contributed by atoms with Crippen molar-refractivity contribution in [1.29, 1.82) is 0 Å². The van der Waals surface area contributed by atoms with Crippen molar-refractivity contribution in [1.82, 2.24) is 14.9 Å². The summed E-state index contributed by atoms with van der Waals surface area (Å²) in [5.74, 6) is 0.776. The summed E-state index contributed by atoms with van der Waals surface area (Å²) in [5, 5.41) is 6.04. The van der Waals surface area contributed by atoms with Crippen LogP contribution in [0.2, 0.25) is 0 Å². The molecule has 2 aromatic rings. The van der Waals surface area contributed by atoms with Gasteiger partial charge in [-0.3, -0.25) is 4.79 Å². The van der Waals surface area contributed by atoms with Gasteiger partial charge in [0.25, 0.3) is 5.91 Å². The van der Waals surface area contributed by atoms with Crippen molar-refractivity contribution < 1.29 is 9.53 Å². The van der Waals surface area contributed by atoms with Crippen LogP contribution in [0.15, 0.2) is 24.3 Å². The molecule has 2 rings (SSSR count). The molecule has 0 bridgehead atoms. The van der Waals surface area contributed by atoms with Crippen LogP contribution < -0.4 is 15.4 Å². The minimum Gasteiger partial charge on any atom is -0.495 e. The molecule has 0 atom stereocenters. The van der Waals surface area contributed by atoms with E-state index in [2.05, 4.69) is 25.5 Å². The molecule has 0 aliphatic heterocycles. The van der Waals surface area contributed by atoms with E-state index in [1.165, 1.54) is 0 Å². The molecule has 7 heteroatoms. The predicted octanol–water partition coefficient (Wildman–Crippen LogP) is 2.72. The predicted molar refractivity (Wildman–Crippen MR) is 104 cm³/mol. The lowest BCUT2D eigenvalue weighted by molar-refractivity contribution is 0.102. The van der Waals surface area contributed by atoms with Crippen molar-refractivity contribution in [2.75, 3.05) is 44.9 Å². The third-order valence-corrected chi connectivity index (χ3v) is 3.76. The van der Waals surface area contributed by atoms with E-state index in [9.17, 15) is 4.79 Å². The number of ether oxygens (including phenoxy) is 1. The van der Waals surface area contributed by atoms with Crippen LogP contribution in [0, 0.1) is 13.8 Å². The highest BCUT2D eigenvalue weighted by Crippen LogP contribution is 2.25. The molecular weight excluding hydrogens is 330 g/mol. The number of rotatable bonds is 8. The summed E-state index contributed by atoms with van der Waals surface area (Å²) in [5.41, 5.74) is 2.70. The van der Waals surface area contributed by atoms with Crippen LogP contribution in [0.25, 0.3) is 0 Å². The van der Waals surface area contributed by atoms with Gasteiger partial charge >= 0.3 is 0 Å². The third kappa shape index (κ3) is 5.70. The van der Waals surface area contributed by atoms with E-state index >= 15 is 0 Å². The van der Waals surface area contributed by atoms with Crippen molar-refractivity contribution in [2.24, 2.45) is 0 Å². The van der Waals surface area contributed by atoms with Gasteiger partial charge < -0.3 is 20.3 Å². The van der Waals surface area contributed by atoms with Crippen LogP contribution in [0.5, 0.6) is 5.75 Å². The molecule has 140 valence electrons. The Morgan fingerprint density at radius 1 is 1.19 bits per heavy atom. The molecule has 0 unspecified atom stereocenters. The Morgan fingerprint density at radius 2 is 1.96 bits per heavy atom. The maximum absolute atomic E-state index is 12.6. The number of nitrogens with zero attached hydrogens (tertiary/aromatic N) is 3. The van der Waals surface area contributed by atoms with E-state index in [-0.39, 0.29) is 5.91 Å². The Hall–Kier alpha value is -2.67. The summed E-state index contributed by atoms with van der Waals surface area (Å²) >= 11 is 0. The Balaban J connectivity index is 2.10. The minimum atomic E-state index is -0.296. The highest BCUT2D eigenvalue weighted by atomic mass is 16.5. The molecule has 0 spiro atoms. The largest absolute Gasteiger partial charge is 0.495 e. The number of aryl methyl sites for hydroxylation is 2. The van der Waals surface area contributed by atoms with E-state index in [0.717, 1.165) is 30.8 Å². The summed E-state index contributed by atoms with van der Waals surface area (Å²) in [7, 11) is 5.64. The first-order chi connectivity index (χ1) is 12.4. The number of hydrogen-bond donors (Lipinski definition) is 2. The number of hydrogen-bond acceptors (Lipinski definition) is 6. The summed E-state index contributed by atoms with van der Waals surface area (Å²) in [6.07, 6.45) is 0.965. The van der Waals surface area contributed by atoms with Gasteiger partial charge in [0.1, 0.15) is 11.4 Å². The number of methoxy groups -OCH3 is 1. The molecule has 2 N–H and O–H groups in total. The standard InChI is InChI=1S/C19H27N5O2/c1-13-7-8-17(26-5)15(11-13)22-18(25)16-12-14(2)21-19(23-16)20-9-6-10-24(3)4/h7-8,11-12H,6,9-10H2,1-5H3,(H,22,25)(H,20,21,23). The zero-order chi connectivity index (χ0) is 19.1. The lowest BCUT2D eigenvalue weighted by Crippen LogP contribution is -2.19. The van der Waals surface area contributed by atoms with Gasteiger partial charge in [-0.25, -0.2) is 9.97 Å². The summed E-state index contributed by atoms with van der Waals surface area (Å²) in [4.78, 5) is 23.4. The highest BCUT2D eigenvalue weighted by molar-refractivity contribution is 6.04. The first-order valence-corrected chi connectivity index (χ1v) is 8.59. The molecule has 7 nitrogen and oxygen atoms in total. The maximum Gasteiger partial charge on any atom is 0.274 e. The van der Waals surface area contributed by atoms with Crippen LogP contribution in [0.3, 0.4) is 0 Å². The third-order valence-electron chi connectivity index (χ3n) is 3.76. The van der Waals surface area contributed by atoms with E-state index in [4.69, 9.17) is 4.74 Å². The molecule has 0 saturated heterocycles. The van der Waals surface area contributed by atoms with Crippen LogP contribution in [0.1, 0.15) is 28.2 Å². The number of aromatic nitrogens is 2. The van der Waals surface area contributed by atoms with E-state index < -0.39 is 0 Å². The minimum absolute atomic E-state index is 0.296. The number of nitrogens with one attached hydrogen (secondary N) is 2. The maximum atomic E-state index is 12.6. The van der Waals surface area contributed by atoms with Gasteiger partial charge in [0.15, 0.2) is 0 Å². The topological polar surface area (TPSA) is 79.4 Å². The average molecular weight is 357 g/mol. The highest BCUT2D eigenvalue weighted by Gasteiger charge is 2.13. The van der Waals surface area contributed by atoms with Gasteiger partial charge in [0, 0.05) is 12.2 Å². The van der Waals surface area contributed by atoms with Crippen molar-refractivity contribution in [3.63, 3.8) is 0 Å². The Morgan fingerprint density at radius 3 is 2.65 bits per heavy atom. The number of carbonyl (C=O) groups is 1. The van der Waals surface area contributed by atoms with Crippen molar-refractivity contribution >= 4 is 17.5 Å². The fraction of sp³-hybridized carbons (Fsp3) is 0.421. The second kappa shape index (κ2) is 9.15. The van der Waals surface area contributed by atoms with E-state index in [0.29, 0.717) is 23.1 Å². The smallest absolute Gasteiger partial charge is 0.274 e. The fourth-order valence-electron chi connectivity index (χ4n) is 2.47. The molecule has 0 radical (unpaired) electrons. The van der Waals surface area contributed by atoms with E-state index in [1.807, 2.05) is 46.1 Å². The summed E-state index contributed by atoms with van der Waals surface area (Å²) in [6, 6.07) is 7.29. The summed E-state index contributed by atoms with van der Waals surface area (Å²) in [6.45, 7) is 5.52. The van der Waals surface area contributed by atoms with Crippen molar-refractivity contribution in [3.8, 4) is 5.75 Å². The first-order valence-electron chi connectivity index (χ1n) is 8.59. The second-order valence-electron chi connectivity index (χ2n) is 6.46. The van der Waals surface area contributed by atoms with Crippen molar-refractivity contribution in [3.05, 3.63) is 41.2 Å². The first kappa shape index (κ1) is 19.7. The molecular formula is C19H27N5O2. The lowest BCUT2D eigenvalue weighted by atomic mass is 10.2. The van der Waals surface area contributed by atoms with Crippen LogP contribution in [-0.4, -0.2) is 55.1 Å². The van der Waals surface area contributed by atoms with Gasteiger partial charge in [0.05, 0.1) is 12.8 Å². The Kier molecular flexibility index (Phi) is 6.91. The quantitative estimate of drug-likeness (QED) is 0.707. The number of amides is 1. The molecule has 26 heavy (non-hydrogen) atoms. The van der Waals surface area contributed by atoms with Gasteiger partial charge in [0.2, 0.25) is 5.95 Å². The van der Waals surface area contributed by atoms with Crippen LogP contribution in [0.4, 0.5) is 11.6 Å². The molecule has 1 aromatic carbocycles. The van der Waals surface area contributed by atoms with Crippen molar-refractivity contribution in [2.45, 2.75) is 20.3 Å². The molecule has 1 amide bonds. The molecule has 0 saturated carbocycles. The zero-order valence-electron chi connectivity index (χ0n) is 16.1. The SMILES string of the molecule is COc1ccc(C)cc1NC(=O)c1cc(C)nc(NCCCN(C)C)n1. The molecule has 1 heterocycles. The van der Waals surface area contributed by atoms with E-state index in [1.54, 1.807) is 13.2 Å². The van der Waals surface area contributed by atoms with Gasteiger partial charge in [-0.1, -0.05) is 6.07 Å². The zero-order valence-corrected chi connectivity index (χ0v) is 16.1. The lowest BCUT2D eigenvalue weighted by Gasteiger charge is -2.12. The average Bonchev–Trinajstić information content (AvgIpc) is 2.58. The second-order valence-corrected chi connectivity index (χ2v) is 6.46. The number of anilines is 2. The summed E-state index contributed by atoms with van der Waals surface area (Å²) < 4.78 is 5.31. The molecule has 0 aliphatic carbocycles. The molecule has 0 aliphatic rings. The fourth-order valence-corrected chi connectivity index (χ4v) is 2.47. The van der Waals surface area contributed by atoms with Gasteiger partial charge in [-0.2, -0.15) is 0 Å². The number of carbonyl (C=O) groups excluding carboxylic acids is 1. The Labute approximate surface area is 154 Å². The Bertz CT molecular complexity index is 762. The van der Waals surface area contributed by atoms with Gasteiger partial charge in [-0.05, 0) is 64.7 Å². The van der Waals surface area contributed by atoms with Crippen LogP contribution >= 0.6 is 0 Å². The normalized spacial score (nSPS) is 10.7.